The molecular formula is C21H23NO4. The monoisotopic (exact) mass is 353 g/mol. The molecule has 0 saturated heterocycles. The van der Waals surface area contributed by atoms with E-state index < -0.39 is 5.97 Å². The zero-order valence-corrected chi connectivity index (χ0v) is 14.8. The number of amides is 1. The minimum absolute atomic E-state index is 0.0413. The molecule has 0 unspecified atom stereocenters. The van der Waals surface area contributed by atoms with Crippen molar-refractivity contribution >= 4 is 18.0 Å². The molecule has 0 aromatic heterocycles. The van der Waals surface area contributed by atoms with E-state index in [2.05, 4.69) is 5.32 Å². The van der Waals surface area contributed by atoms with Crippen LogP contribution in [0.25, 0.3) is 6.08 Å². The number of para-hydroxylation sites is 1. The fourth-order valence-electron chi connectivity index (χ4n) is 2.27. The summed E-state index contributed by atoms with van der Waals surface area (Å²) in [5, 5.41) is 11.2. The Labute approximate surface area is 153 Å². The second-order valence-corrected chi connectivity index (χ2v) is 5.93. The summed E-state index contributed by atoms with van der Waals surface area (Å²) in [5.74, 6) is -0.429. The molecule has 0 radical (unpaired) electrons. The van der Waals surface area contributed by atoms with Crippen molar-refractivity contribution in [3.8, 4) is 5.75 Å². The van der Waals surface area contributed by atoms with Crippen LogP contribution in [0.4, 0.5) is 0 Å². The first-order chi connectivity index (χ1) is 12.5. The highest BCUT2D eigenvalue weighted by molar-refractivity contribution is 5.92. The summed E-state index contributed by atoms with van der Waals surface area (Å²) < 4.78 is 5.87. The third-order valence-corrected chi connectivity index (χ3v) is 3.71. The van der Waals surface area contributed by atoms with E-state index in [1.165, 1.54) is 11.6 Å². The first kappa shape index (κ1) is 19.2. The van der Waals surface area contributed by atoms with Gasteiger partial charge in [0.2, 0.25) is 5.91 Å². The Bertz CT molecular complexity index is 766. The third-order valence-electron chi connectivity index (χ3n) is 3.71. The fraction of sp³-hybridized carbons (Fsp3) is 0.238. The van der Waals surface area contributed by atoms with E-state index in [0.717, 1.165) is 11.1 Å². The molecule has 0 aliphatic carbocycles. The molecule has 5 heteroatoms. The number of rotatable bonds is 9. The van der Waals surface area contributed by atoms with Crippen LogP contribution in [0.5, 0.6) is 5.75 Å². The Morgan fingerprint density at radius 3 is 2.58 bits per heavy atom. The minimum Gasteiger partial charge on any atom is -0.488 e. The topological polar surface area (TPSA) is 75.6 Å². The number of hydrogen-bond acceptors (Lipinski definition) is 3. The molecule has 2 aromatic rings. The minimum atomic E-state index is -0.866. The highest BCUT2D eigenvalue weighted by Crippen LogP contribution is 2.21. The van der Waals surface area contributed by atoms with Gasteiger partial charge >= 0.3 is 5.97 Å². The summed E-state index contributed by atoms with van der Waals surface area (Å²) in [6, 6.07) is 15.6. The number of aliphatic carboxylic acids is 1. The summed E-state index contributed by atoms with van der Waals surface area (Å²) in [5.41, 5.74) is 3.08. The summed E-state index contributed by atoms with van der Waals surface area (Å²) in [4.78, 5) is 22.2. The lowest BCUT2D eigenvalue weighted by molar-refractivity contribution is -0.137. The van der Waals surface area contributed by atoms with Gasteiger partial charge in [-0.15, -0.1) is 0 Å². The first-order valence-electron chi connectivity index (χ1n) is 8.49. The van der Waals surface area contributed by atoms with Gasteiger partial charge in [-0.05, 0) is 31.1 Å². The Balaban J connectivity index is 1.90. The quantitative estimate of drug-likeness (QED) is 0.534. The van der Waals surface area contributed by atoms with Gasteiger partial charge in [0.15, 0.2) is 0 Å². The largest absolute Gasteiger partial charge is 0.488 e. The van der Waals surface area contributed by atoms with Crippen LogP contribution in [0.15, 0.2) is 54.6 Å². The number of ether oxygens (including phenoxy) is 1. The molecule has 0 aliphatic heterocycles. The average Bonchev–Trinajstić information content (AvgIpc) is 2.63. The van der Waals surface area contributed by atoms with Gasteiger partial charge in [0, 0.05) is 24.6 Å². The van der Waals surface area contributed by atoms with Crippen LogP contribution in [0.2, 0.25) is 0 Å². The molecule has 5 nitrogen and oxygen atoms in total. The molecule has 1 amide bonds. The molecule has 0 aliphatic rings. The van der Waals surface area contributed by atoms with Crippen LogP contribution in [-0.2, 0) is 16.2 Å². The molecule has 0 fully saturated rings. The van der Waals surface area contributed by atoms with Crippen LogP contribution < -0.4 is 10.1 Å². The lowest BCUT2D eigenvalue weighted by atomic mass is 10.1. The molecule has 2 rings (SSSR count). The van der Waals surface area contributed by atoms with Gasteiger partial charge in [-0.2, -0.15) is 0 Å². The van der Waals surface area contributed by atoms with Gasteiger partial charge in [0.1, 0.15) is 12.4 Å². The highest BCUT2D eigenvalue weighted by atomic mass is 16.5. The van der Waals surface area contributed by atoms with Crippen molar-refractivity contribution in [2.75, 3.05) is 6.54 Å². The van der Waals surface area contributed by atoms with E-state index in [4.69, 9.17) is 9.84 Å². The molecule has 26 heavy (non-hydrogen) atoms. The highest BCUT2D eigenvalue weighted by Gasteiger charge is 2.03. The van der Waals surface area contributed by atoms with E-state index in [9.17, 15) is 9.59 Å². The number of benzene rings is 2. The Morgan fingerprint density at radius 2 is 1.85 bits per heavy atom. The van der Waals surface area contributed by atoms with Crippen LogP contribution >= 0.6 is 0 Å². The fourth-order valence-corrected chi connectivity index (χ4v) is 2.27. The van der Waals surface area contributed by atoms with E-state index in [1.807, 2.05) is 55.5 Å². The van der Waals surface area contributed by atoms with Crippen molar-refractivity contribution in [1.29, 1.82) is 0 Å². The number of carboxylic acid groups (broad SMARTS) is 1. The molecule has 2 N–H and O–H groups in total. The third kappa shape index (κ3) is 6.81. The smallest absolute Gasteiger partial charge is 0.303 e. The molecule has 0 atom stereocenters. The predicted molar refractivity (Wildman–Crippen MR) is 101 cm³/mol. The van der Waals surface area contributed by atoms with Crippen molar-refractivity contribution in [1.82, 2.24) is 5.32 Å². The maximum Gasteiger partial charge on any atom is 0.303 e. The molecule has 0 heterocycles. The van der Waals surface area contributed by atoms with E-state index in [1.54, 1.807) is 6.08 Å². The molecule has 0 saturated carbocycles. The maximum atomic E-state index is 11.8. The van der Waals surface area contributed by atoms with Crippen molar-refractivity contribution in [3.05, 3.63) is 71.3 Å². The number of hydrogen-bond donors (Lipinski definition) is 2. The van der Waals surface area contributed by atoms with Gasteiger partial charge in [0.25, 0.3) is 0 Å². The molecular weight excluding hydrogens is 330 g/mol. The summed E-state index contributed by atoms with van der Waals surface area (Å²) in [7, 11) is 0. The lowest BCUT2D eigenvalue weighted by Crippen LogP contribution is -2.22. The number of carbonyl (C=O) groups excluding carboxylic acids is 1. The normalized spacial score (nSPS) is 10.7. The Hall–Kier alpha value is -3.08. The number of carboxylic acids is 1. The predicted octanol–water partition coefficient (Wildman–Crippen LogP) is 3.57. The van der Waals surface area contributed by atoms with Gasteiger partial charge in [0.05, 0.1) is 0 Å². The number of carbonyl (C=O) groups is 2. The van der Waals surface area contributed by atoms with Crippen LogP contribution in [0.1, 0.15) is 29.5 Å². The van der Waals surface area contributed by atoms with Crippen molar-refractivity contribution in [2.45, 2.75) is 26.4 Å². The Morgan fingerprint density at radius 1 is 1.12 bits per heavy atom. The van der Waals surface area contributed by atoms with Crippen LogP contribution in [0.3, 0.4) is 0 Å². The van der Waals surface area contributed by atoms with E-state index >= 15 is 0 Å². The lowest BCUT2D eigenvalue weighted by Gasteiger charge is -2.09. The van der Waals surface area contributed by atoms with Crippen molar-refractivity contribution < 1.29 is 19.4 Å². The zero-order chi connectivity index (χ0) is 18.8. The summed E-state index contributed by atoms with van der Waals surface area (Å²) in [6.07, 6.45) is 3.57. The van der Waals surface area contributed by atoms with Crippen LogP contribution in [-0.4, -0.2) is 23.5 Å². The first-order valence-corrected chi connectivity index (χ1v) is 8.49. The van der Waals surface area contributed by atoms with Crippen molar-refractivity contribution in [3.63, 3.8) is 0 Å². The second kappa shape index (κ2) is 10.0. The molecule has 0 spiro atoms. The zero-order valence-electron chi connectivity index (χ0n) is 14.8. The SMILES string of the molecule is Cc1ccc(COc2ccccc2/C=C/C(=O)NCCCC(=O)O)cc1. The summed E-state index contributed by atoms with van der Waals surface area (Å²) >= 11 is 0. The summed E-state index contributed by atoms with van der Waals surface area (Å²) in [6.45, 7) is 2.82. The molecule has 136 valence electrons. The number of nitrogens with one attached hydrogen (secondary N) is 1. The Kier molecular flexibility index (Phi) is 7.43. The second-order valence-electron chi connectivity index (χ2n) is 5.93. The van der Waals surface area contributed by atoms with E-state index in [0.29, 0.717) is 25.3 Å². The number of aryl methyl sites for hydroxylation is 1. The van der Waals surface area contributed by atoms with Crippen LogP contribution in [0, 0.1) is 6.92 Å². The standard InChI is InChI=1S/C21H23NO4/c1-16-8-10-17(11-9-16)15-26-19-6-3-2-5-18(19)12-13-20(23)22-14-4-7-21(24)25/h2-3,5-6,8-13H,4,7,14-15H2,1H3,(H,22,23)(H,24,25)/b13-12+. The van der Waals surface area contributed by atoms with Crippen molar-refractivity contribution in [2.24, 2.45) is 0 Å². The molecule has 2 aromatic carbocycles. The molecule has 0 bridgehead atoms. The van der Waals surface area contributed by atoms with Gasteiger partial charge in [-0.1, -0.05) is 48.0 Å². The van der Waals surface area contributed by atoms with Gasteiger partial charge in [-0.3, -0.25) is 9.59 Å². The van der Waals surface area contributed by atoms with Gasteiger partial charge in [-0.25, -0.2) is 0 Å². The average molecular weight is 353 g/mol. The maximum absolute atomic E-state index is 11.8. The van der Waals surface area contributed by atoms with E-state index in [-0.39, 0.29) is 12.3 Å². The van der Waals surface area contributed by atoms with Gasteiger partial charge < -0.3 is 15.2 Å².